The standard InChI is InChI=1S/C26H21Br2NO3S/c1-17-7-9-19(10-8-17)16-32-24-21(27)13-20(14-22(24)28)15-23-25(30)29(26(31)33-23)12-11-18-5-3-2-4-6-18/h2-10,13-15H,11-12,16H2,1H3/b23-15-. The summed E-state index contributed by atoms with van der Waals surface area (Å²) in [5.41, 5.74) is 4.17. The van der Waals surface area contributed by atoms with Crippen molar-refractivity contribution in [2.75, 3.05) is 6.54 Å². The molecule has 4 nitrogen and oxygen atoms in total. The zero-order chi connectivity index (χ0) is 23.4. The van der Waals surface area contributed by atoms with E-state index in [2.05, 4.69) is 50.9 Å². The highest BCUT2D eigenvalue weighted by molar-refractivity contribution is 9.11. The van der Waals surface area contributed by atoms with Crippen LogP contribution in [-0.2, 0) is 17.8 Å². The maximum absolute atomic E-state index is 12.8. The molecule has 168 valence electrons. The van der Waals surface area contributed by atoms with Crippen molar-refractivity contribution < 1.29 is 14.3 Å². The third kappa shape index (κ3) is 5.96. The summed E-state index contributed by atoms with van der Waals surface area (Å²) >= 11 is 8.11. The zero-order valence-corrected chi connectivity index (χ0v) is 21.9. The SMILES string of the molecule is Cc1ccc(COc2c(Br)cc(/C=C3\SC(=O)N(CCc4ccccc4)C3=O)cc2Br)cc1. The second kappa shape index (κ2) is 10.7. The number of benzene rings is 3. The number of hydrogen-bond donors (Lipinski definition) is 0. The fraction of sp³-hybridized carbons (Fsp3) is 0.154. The van der Waals surface area contributed by atoms with E-state index in [9.17, 15) is 9.59 Å². The van der Waals surface area contributed by atoms with Gasteiger partial charge in [0.2, 0.25) is 0 Å². The van der Waals surface area contributed by atoms with Gasteiger partial charge >= 0.3 is 0 Å². The monoisotopic (exact) mass is 585 g/mol. The molecule has 1 fully saturated rings. The first-order chi connectivity index (χ1) is 15.9. The molecule has 0 saturated carbocycles. The predicted octanol–water partition coefficient (Wildman–Crippen LogP) is 7.38. The first kappa shape index (κ1) is 23.8. The molecule has 4 rings (SSSR count). The van der Waals surface area contributed by atoms with Gasteiger partial charge in [-0.3, -0.25) is 14.5 Å². The molecule has 0 radical (unpaired) electrons. The average Bonchev–Trinajstić information content (AvgIpc) is 3.06. The van der Waals surface area contributed by atoms with Gasteiger partial charge in [-0.15, -0.1) is 0 Å². The number of carbonyl (C=O) groups excluding carboxylic acids is 2. The Bertz CT molecular complexity index is 1190. The van der Waals surface area contributed by atoms with Crippen LogP contribution < -0.4 is 4.74 Å². The number of thioether (sulfide) groups is 1. The predicted molar refractivity (Wildman–Crippen MR) is 140 cm³/mol. The Morgan fingerprint density at radius 3 is 2.27 bits per heavy atom. The van der Waals surface area contributed by atoms with E-state index in [0.29, 0.717) is 30.2 Å². The van der Waals surface area contributed by atoms with Crippen molar-refractivity contribution in [3.05, 3.63) is 103 Å². The summed E-state index contributed by atoms with van der Waals surface area (Å²) in [6.07, 6.45) is 2.38. The molecule has 0 bridgehead atoms. The summed E-state index contributed by atoms with van der Waals surface area (Å²) in [6.45, 7) is 2.86. The summed E-state index contributed by atoms with van der Waals surface area (Å²) in [7, 11) is 0. The highest BCUT2D eigenvalue weighted by Crippen LogP contribution is 2.38. The molecule has 3 aromatic carbocycles. The average molecular weight is 587 g/mol. The molecular formula is C26H21Br2NO3S. The van der Waals surface area contributed by atoms with Crippen molar-refractivity contribution in [1.29, 1.82) is 0 Å². The van der Waals surface area contributed by atoms with Crippen LogP contribution >= 0.6 is 43.6 Å². The van der Waals surface area contributed by atoms with Gasteiger partial charge < -0.3 is 4.74 Å². The van der Waals surface area contributed by atoms with E-state index >= 15 is 0 Å². The molecule has 0 aromatic heterocycles. The zero-order valence-electron chi connectivity index (χ0n) is 17.9. The molecule has 0 spiro atoms. The molecule has 1 aliphatic rings. The number of halogens is 2. The van der Waals surface area contributed by atoms with E-state index < -0.39 is 0 Å². The van der Waals surface area contributed by atoms with Crippen molar-refractivity contribution in [2.45, 2.75) is 20.0 Å². The molecule has 1 aliphatic heterocycles. The van der Waals surface area contributed by atoms with E-state index in [1.165, 1.54) is 10.5 Å². The lowest BCUT2D eigenvalue weighted by Gasteiger charge is -2.12. The molecule has 7 heteroatoms. The summed E-state index contributed by atoms with van der Waals surface area (Å²) < 4.78 is 7.52. The van der Waals surface area contributed by atoms with Gasteiger partial charge in [0, 0.05) is 6.54 Å². The number of imide groups is 1. The second-order valence-electron chi connectivity index (χ2n) is 7.66. The van der Waals surface area contributed by atoms with Crippen LogP contribution in [-0.4, -0.2) is 22.6 Å². The third-order valence-corrected chi connectivity index (χ3v) is 7.25. The lowest BCUT2D eigenvalue weighted by Crippen LogP contribution is -2.30. The number of nitrogens with zero attached hydrogens (tertiary/aromatic N) is 1. The molecule has 1 heterocycles. The van der Waals surface area contributed by atoms with Gasteiger partial charge in [0.1, 0.15) is 12.4 Å². The molecule has 0 atom stereocenters. The molecule has 3 aromatic rings. The highest BCUT2D eigenvalue weighted by atomic mass is 79.9. The smallest absolute Gasteiger partial charge is 0.293 e. The quantitative estimate of drug-likeness (QED) is 0.271. The number of hydrogen-bond acceptors (Lipinski definition) is 4. The first-order valence-corrected chi connectivity index (χ1v) is 12.8. The van der Waals surface area contributed by atoms with Gasteiger partial charge in [0.15, 0.2) is 0 Å². The number of aryl methyl sites for hydroxylation is 1. The Hall–Kier alpha value is -2.35. The Kier molecular flexibility index (Phi) is 7.73. The summed E-state index contributed by atoms with van der Waals surface area (Å²) in [4.78, 5) is 27.0. The van der Waals surface area contributed by atoms with E-state index in [4.69, 9.17) is 4.74 Å². The normalized spacial score (nSPS) is 14.9. The topological polar surface area (TPSA) is 46.6 Å². The van der Waals surface area contributed by atoms with Gasteiger partial charge in [-0.1, -0.05) is 60.2 Å². The van der Waals surface area contributed by atoms with Gasteiger partial charge in [-0.05, 0) is 91.9 Å². The third-order valence-electron chi connectivity index (χ3n) is 5.16. The van der Waals surface area contributed by atoms with Crippen molar-refractivity contribution in [2.24, 2.45) is 0 Å². The van der Waals surface area contributed by atoms with Crippen LogP contribution in [0.4, 0.5) is 4.79 Å². The summed E-state index contributed by atoms with van der Waals surface area (Å²) in [5, 5.41) is -0.238. The van der Waals surface area contributed by atoms with Crippen molar-refractivity contribution >= 4 is 60.8 Å². The molecular weight excluding hydrogens is 566 g/mol. The lowest BCUT2D eigenvalue weighted by atomic mass is 10.1. The molecule has 1 saturated heterocycles. The maximum Gasteiger partial charge on any atom is 0.293 e. The Morgan fingerprint density at radius 1 is 0.939 bits per heavy atom. The fourth-order valence-corrected chi connectivity index (χ4v) is 5.69. The van der Waals surface area contributed by atoms with Gasteiger partial charge in [-0.2, -0.15) is 0 Å². The molecule has 0 aliphatic carbocycles. The largest absolute Gasteiger partial charge is 0.487 e. The van der Waals surface area contributed by atoms with E-state index in [1.54, 1.807) is 6.08 Å². The highest BCUT2D eigenvalue weighted by Gasteiger charge is 2.34. The van der Waals surface area contributed by atoms with Crippen molar-refractivity contribution in [1.82, 2.24) is 4.90 Å². The van der Waals surface area contributed by atoms with Crippen molar-refractivity contribution in [3.63, 3.8) is 0 Å². The molecule has 2 amide bonds. The second-order valence-corrected chi connectivity index (χ2v) is 10.4. The van der Waals surface area contributed by atoms with Crippen LogP contribution in [0, 0.1) is 6.92 Å². The van der Waals surface area contributed by atoms with Crippen LogP contribution in [0.2, 0.25) is 0 Å². The van der Waals surface area contributed by atoms with Crippen LogP contribution in [0.5, 0.6) is 5.75 Å². The lowest BCUT2D eigenvalue weighted by molar-refractivity contribution is -0.122. The number of ether oxygens (including phenoxy) is 1. The number of carbonyl (C=O) groups is 2. The first-order valence-electron chi connectivity index (χ1n) is 10.4. The maximum atomic E-state index is 12.8. The Labute approximate surface area is 214 Å². The van der Waals surface area contributed by atoms with Crippen LogP contribution in [0.1, 0.15) is 22.3 Å². The van der Waals surface area contributed by atoms with Gasteiger partial charge in [0.25, 0.3) is 11.1 Å². The van der Waals surface area contributed by atoms with E-state index in [0.717, 1.165) is 37.4 Å². The summed E-state index contributed by atoms with van der Waals surface area (Å²) in [6, 6.07) is 21.8. The van der Waals surface area contributed by atoms with Crippen LogP contribution in [0.25, 0.3) is 6.08 Å². The van der Waals surface area contributed by atoms with E-state index in [-0.39, 0.29) is 11.1 Å². The summed E-state index contributed by atoms with van der Waals surface area (Å²) in [5.74, 6) is 0.427. The molecule has 0 N–H and O–H groups in total. The Morgan fingerprint density at radius 2 is 1.61 bits per heavy atom. The van der Waals surface area contributed by atoms with Gasteiger partial charge in [0.05, 0.1) is 13.9 Å². The minimum atomic E-state index is -0.257. The van der Waals surface area contributed by atoms with Gasteiger partial charge in [-0.25, -0.2) is 0 Å². The van der Waals surface area contributed by atoms with Crippen molar-refractivity contribution in [3.8, 4) is 5.75 Å². The minimum Gasteiger partial charge on any atom is -0.487 e. The van der Waals surface area contributed by atoms with Crippen LogP contribution in [0.15, 0.2) is 80.6 Å². The molecule has 0 unspecified atom stereocenters. The van der Waals surface area contributed by atoms with E-state index in [1.807, 2.05) is 54.6 Å². The Balaban J connectivity index is 1.45. The van der Waals surface area contributed by atoms with Crippen LogP contribution in [0.3, 0.4) is 0 Å². The number of amides is 2. The number of rotatable bonds is 7. The molecule has 33 heavy (non-hydrogen) atoms. The fourth-order valence-electron chi connectivity index (χ4n) is 3.37. The minimum absolute atomic E-state index is 0.238.